The molecule has 1 N–H and O–H groups in total. The smallest absolute Gasteiger partial charge is 0.242 e. The molecule has 0 heterocycles. The molecule has 2 rings (SSSR count). The molecule has 0 radical (unpaired) electrons. The third kappa shape index (κ3) is 5.19. The van der Waals surface area contributed by atoms with E-state index in [2.05, 4.69) is 5.32 Å². The SMILES string of the molecule is CC[C@@H](C(=O)NC)N(Cc1ccc(C)cc1)C(=O)Cc1ccc(C)cc1. The van der Waals surface area contributed by atoms with Crippen molar-refractivity contribution in [2.75, 3.05) is 7.05 Å². The summed E-state index contributed by atoms with van der Waals surface area (Å²) in [5.41, 5.74) is 4.32. The van der Waals surface area contributed by atoms with Gasteiger partial charge in [-0.25, -0.2) is 0 Å². The highest BCUT2D eigenvalue weighted by atomic mass is 16.2. The van der Waals surface area contributed by atoms with Crippen molar-refractivity contribution in [2.24, 2.45) is 0 Å². The van der Waals surface area contributed by atoms with E-state index in [1.54, 1.807) is 11.9 Å². The van der Waals surface area contributed by atoms with Crippen LogP contribution in [0.2, 0.25) is 0 Å². The number of rotatable bonds is 7. The minimum absolute atomic E-state index is 0.0371. The van der Waals surface area contributed by atoms with Crippen molar-refractivity contribution in [2.45, 2.75) is 46.2 Å². The molecule has 0 aromatic heterocycles. The third-order valence-corrected chi connectivity index (χ3v) is 4.58. The van der Waals surface area contributed by atoms with Crippen LogP contribution in [0.25, 0.3) is 0 Å². The molecule has 2 aromatic carbocycles. The number of carbonyl (C=O) groups excluding carboxylic acids is 2. The van der Waals surface area contributed by atoms with E-state index < -0.39 is 6.04 Å². The van der Waals surface area contributed by atoms with Gasteiger partial charge >= 0.3 is 0 Å². The van der Waals surface area contributed by atoms with E-state index in [1.807, 2.05) is 69.3 Å². The molecule has 138 valence electrons. The van der Waals surface area contributed by atoms with E-state index in [-0.39, 0.29) is 11.8 Å². The van der Waals surface area contributed by atoms with Gasteiger partial charge in [-0.05, 0) is 31.4 Å². The number of hydrogen-bond donors (Lipinski definition) is 1. The molecule has 26 heavy (non-hydrogen) atoms. The van der Waals surface area contributed by atoms with Gasteiger partial charge in [0.2, 0.25) is 11.8 Å². The molecule has 0 fully saturated rings. The Bertz CT molecular complexity index is 736. The molecule has 4 nitrogen and oxygen atoms in total. The Morgan fingerprint density at radius 1 is 0.923 bits per heavy atom. The van der Waals surface area contributed by atoms with E-state index in [1.165, 1.54) is 5.56 Å². The van der Waals surface area contributed by atoms with Gasteiger partial charge in [-0.3, -0.25) is 9.59 Å². The summed E-state index contributed by atoms with van der Waals surface area (Å²) in [7, 11) is 1.61. The number of benzene rings is 2. The summed E-state index contributed by atoms with van der Waals surface area (Å²) in [5, 5.41) is 2.68. The van der Waals surface area contributed by atoms with Crippen LogP contribution in [0.3, 0.4) is 0 Å². The topological polar surface area (TPSA) is 49.4 Å². The molecule has 1 atom stereocenters. The van der Waals surface area contributed by atoms with Crippen molar-refractivity contribution in [1.82, 2.24) is 10.2 Å². The highest BCUT2D eigenvalue weighted by Gasteiger charge is 2.27. The van der Waals surface area contributed by atoms with Crippen LogP contribution in [-0.4, -0.2) is 29.8 Å². The van der Waals surface area contributed by atoms with Gasteiger partial charge in [0.1, 0.15) is 6.04 Å². The number of amides is 2. The summed E-state index contributed by atoms with van der Waals surface area (Å²) in [6.45, 7) is 6.41. The van der Waals surface area contributed by atoms with Crippen LogP contribution in [0.15, 0.2) is 48.5 Å². The lowest BCUT2D eigenvalue weighted by Gasteiger charge is -2.30. The molecule has 0 aliphatic carbocycles. The highest BCUT2D eigenvalue weighted by molar-refractivity contribution is 5.88. The molecule has 0 bridgehead atoms. The second-order valence-corrected chi connectivity index (χ2v) is 6.71. The van der Waals surface area contributed by atoms with E-state index in [4.69, 9.17) is 0 Å². The summed E-state index contributed by atoms with van der Waals surface area (Å²) in [4.78, 5) is 27.1. The summed E-state index contributed by atoms with van der Waals surface area (Å²) in [6, 6.07) is 15.6. The lowest BCUT2D eigenvalue weighted by molar-refractivity contribution is -0.140. The number of carbonyl (C=O) groups is 2. The fourth-order valence-electron chi connectivity index (χ4n) is 2.96. The van der Waals surface area contributed by atoms with Gasteiger partial charge in [0.05, 0.1) is 6.42 Å². The van der Waals surface area contributed by atoms with Crippen LogP contribution < -0.4 is 5.32 Å². The van der Waals surface area contributed by atoms with Gasteiger partial charge in [-0.15, -0.1) is 0 Å². The average molecular weight is 352 g/mol. The van der Waals surface area contributed by atoms with E-state index in [9.17, 15) is 9.59 Å². The Hall–Kier alpha value is -2.62. The molecular weight excluding hydrogens is 324 g/mol. The maximum Gasteiger partial charge on any atom is 0.242 e. The van der Waals surface area contributed by atoms with Crippen molar-refractivity contribution in [3.05, 3.63) is 70.8 Å². The minimum Gasteiger partial charge on any atom is -0.357 e. The second-order valence-electron chi connectivity index (χ2n) is 6.71. The Morgan fingerprint density at radius 2 is 1.42 bits per heavy atom. The normalized spacial score (nSPS) is 11.7. The number of nitrogens with one attached hydrogen (secondary N) is 1. The number of aryl methyl sites for hydroxylation is 2. The summed E-state index contributed by atoms with van der Waals surface area (Å²) in [6.07, 6.45) is 0.866. The lowest BCUT2D eigenvalue weighted by Crippen LogP contribution is -2.48. The number of hydrogen-bond acceptors (Lipinski definition) is 2. The van der Waals surface area contributed by atoms with Crippen LogP contribution in [-0.2, 0) is 22.6 Å². The molecule has 0 aliphatic rings. The van der Waals surface area contributed by atoms with Crippen molar-refractivity contribution >= 4 is 11.8 Å². The van der Waals surface area contributed by atoms with E-state index in [0.717, 1.165) is 16.7 Å². The zero-order valence-corrected chi connectivity index (χ0v) is 16.1. The Kier molecular flexibility index (Phi) is 6.96. The molecular formula is C22H28N2O2. The molecule has 2 amide bonds. The van der Waals surface area contributed by atoms with Gasteiger partial charge in [-0.2, -0.15) is 0 Å². The van der Waals surface area contributed by atoms with Crippen LogP contribution in [0.1, 0.15) is 35.6 Å². The monoisotopic (exact) mass is 352 g/mol. The molecule has 0 aliphatic heterocycles. The first-order valence-corrected chi connectivity index (χ1v) is 9.06. The second kappa shape index (κ2) is 9.18. The molecule has 0 saturated carbocycles. The highest BCUT2D eigenvalue weighted by Crippen LogP contribution is 2.15. The lowest BCUT2D eigenvalue weighted by atomic mass is 10.1. The van der Waals surface area contributed by atoms with Gasteiger partial charge < -0.3 is 10.2 Å². The fraction of sp³-hybridized carbons (Fsp3) is 0.364. The molecule has 2 aromatic rings. The van der Waals surface area contributed by atoms with E-state index >= 15 is 0 Å². The first-order valence-electron chi connectivity index (χ1n) is 9.06. The average Bonchev–Trinajstić information content (AvgIpc) is 2.64. The molecule has 0 spiro atoms. The third-order valence-electron chi connectivity index (χ3n) is 4.58. The molecule has 0 saturated heterocycles. The zero-order chi connectivity index (χ0) is 19.1. The van der Waals surface area contributed by atoms with Crippen LogP contribution in [0.4, 0.5) is 0 Å². The maximum atomic E-state index is 13.0. The Balaban J connectivity index is 2.25. The largest absolute Gasteiger partial charge is 0.357 e. The van der Waals surface area contributed by atoms with Crippen molar-refractivity contribution in [3.8, 4) is 0 Å². The van der Waals surface area contributed by atoms with E-state index in [0.29, 0.717) is 19.4 Å². The molecule has 0 unspecified atom stereocenters. The first kappa shape index (κ1) is 19.7. The van der Waals surface area contributed by atoms with Crippen molar-refractivity contribution in [1.29, 1.82) is 0 Å². The standard InChI is InChI=1S/C22H28N2O2/c1-5-20(22(26)23-4)24(15-19-12-8-17(3)9-13-19)21(25)14-18-10-6-16(2)7-11-18/h6-13,20H,5,14-15H2,1-4H3,(H,23,26)/t20-/m0/s1. The fourth-order valence-corrected chi connectivity index (χ4v) is 2.96. The number of likely N-dealkylation sites (N-methyl/N-ethyl adjacent to an activating group) is 1. The van der Waals surface area contributed by atoms with Gasteiger partial charge in [0.25, 0.3) is 0 Å². The number of nitrogens with zero attached hydrogens (tertiary/aromatic N) is 1. The Labute approximate surface area is 156 Å². The van der Waals surface area contributed by atoms with Crippen LogP contribution in [0.5, 0.6) is 0 Å². The van der Waals surface area contributed by atoms with Crippen LogP contribution in [0, 0.1) is 13.8 Å². The first-order chi connectivity index (χ1) is 12.4. The maximum absolute atomic E-state index is 13.0. The minimum atomic E-state index is -0.473. The predicted octanol–water partition coefficient (Wildman–Crippen LogP) is 3.40. The van der Waals surface area contributed by atoms with Gasteiger partial charge in [-0.1, -0.05) is 66.6 Å². The Morgan fingerprint density at radius 3 is 1.88 bits per heavy atom. The van der Waals surface area contributed by atoms with Crippen LogP contribution >= 0.6 is 0 Å². The summed E-state index contributed by atoms with van der Waals surface area (Å²) in [5.74, 6) is -0.165. The van der Waals surface area contributed by atoms with Crippen molar-refractivity contribution < 1.29 is 9.59 Å². The van der Waals surface area contributed by atoms with Gasteiger partial charge in [0, 0.05) is 13.6 Å². The summed E-state index contributed by atoms with van der Waals surface area (Å²) < 4.78 is 0. The zero-order valence-electron chi connectivity index (χ0n) is 16.1. The van der Waals surface area contributed by atoms with Gasteiger partial charge in [0.15, 0.2) is 0 Å². The quantitative estimate of drug-likeness (QED) is 0.830. The summed E-state index contributed by atoms with van der Waals surface area (Å²) >= 11 is 0. The molecule has 4 heteroatoms. The van der Waals surface area contributed by atoms with Crippen molar-refractivity contribution in [3.63, 3.8) is 0 Å². The predicted molar refractivity (Wildman–Crippen MR) is 105 cm³/mol.